The van der Waals surface area contributed by atoms with Crippen LogP contribution in [0.4, 0.5) is 0 Å². The summed E-state index contributed by atoms with van der Waals surface area (Å²) in [6, 6.07) is 19.9. The van der Waals surface area contributed by atoms with Gasteiger partial charge < -0.3 is 18.6 Å². The fourth-order valence-corrected chi connectivity index (χ4v) is 9.99. The third kappa shape index (κ3) is 5.78. The van der Waals surface area contributed by atoms with E-state index >= 15 is 0 Å². The Hall–Kier alpha value is -1.45. The quantitative estimate of drug-likeness (QED) is 0.200. The first-order chi connectivity index (χ1) is 17.1. The maximum absolute atomic E-state index is 13.5. The van der Waals surface area contributed by atoms with E-state index in [9.17, 15) is 9.59 Å². The maximum atomic E-state index is 13.5. The van der Waals surface area contributed by atoms with Crippen molar-refractivity contribution in [3.05, 3.63) is 60.7 Å². The molecule has 1 saturated heterocycles. The monoisotopic (exact) mass is 586 g/mol. The van der Waals surface area contributed by atoms with Gasteiger partial charge in [-0.2, -0.15) is 0 Å². The van der Waals surface area contributed by atoms with Gasteiger partial charge >= 0.3 is 5.97 Å². The fraction of sp³-hybridized carbons (Fsp3) is 0.481. The van der Waals surface area contributed by atoms with Crippen molar-refractivity contribution in [2.24, 2.45) is 5.41 Å². The molecule has 0 unspecified atom stereocenters. The molecule has 37 heavy (non-hydrogen) atoms. The van der Waals surface area contributed by atoms with E-state index in [1.54, 1.807) is 13.8 Å². The lowest BCUT2D eigenvalue weighted by atomic mass is 9.77. The van der Waals surface area contributed by atoms with E-state index in [1.807, 2.05) is 60.7 Å². The Morgan fingerprint density at radius 3 is 1.86 bits per heavy atom. The standard InChI is InChI=1S/C27H33Cl3O6Si/c1-24(2,3)37(19-13-9-7-10-14-19,20-15-11-8-12-16-20)35-17-21-26(23(32)33-6,22(31)27(28,29)30)18-34-25(4,5)36-21/h7-16,21H,17-18H2,1-6H3/t21-,26+/m0/s1. The molecule has 2 atom stereocenters. The van der Waals surface area contributed by atoms with Crippen LogP contribution in [0, 0.1) is 5.41 Å². The van der Waals surface area contributed by atoms with Crippen molar-refractivity contribution in [1.29, 1.82) is 0 Å². The Kier molecular flexibility index (Phi) is 8.92. The van der Waals surface area contributed by atoms with Gasteiger partial charge in [0.25, 0.3) is 8.32 Å². The Morgan fingerprint density at radius 1 is 0.973 bits per heavy atom. The van der Waals surface area contributed by atoms with Crippen LogP contribution in [0.5, 0.6) is 0 Å². The molecule has 3 rings (SSSR count). The first-order valence-electron chi connectivity index (χ1n) is 11.9. The molecule has 1 aliphatic heterocycles. The molecule has 6 nitrogen and oxygen atoms in total. The minimum Gasteiger partial charge on any atom is -0.468 e. The third-order valence-corrected chi connectivity index (χ3v) is 12.2. The van der Waals surface area contributed by atoms with Gasteiger partial charge in [-0.05, 0) is 29.3 Å². The minimum absolute atomic E-state index is 0.151. The van der Waals surface area contributed by atoms with Crippen LogP contribution in [0.1, 0.15) is 34.6 Å². The van der Waals surface area contributed by atoms with Crippen molar-refractivity contribution >= 4 is 65.2 Å². The van der Waals surface area contributed by atoms with Gasteiger partial charge in [0.2, 0.25) is 9.58 Å². The van der Waals surface area contributed by atoms with E-state index in [1.165, 1.54) is 0 Å². The number of Topliss-reactive ketones (excluding diaryl/α,β-unsaturated/α-hetero) is 1. The number of methoxy groups -OCH3 is 1. The van der Waals surface area contributed by atoms with Gasteiger partial charge in [0, 0.05) is 0 Å². The number of ether oxygens (including phenoxy) is 3. The number of rotatable bonds is 7. The number of hydrogen-bond acceptors (Lipinski definition) is 6. The summed E-state index contributed by atoms with van der Waals surface area (Å²) >= 11 is 18.1. The van der Waals surface area contributed by atoms with Crippen LogP contribution < -0.4 is 10.4 Å². The van der Waals surface area contributed by atoms with Gasteiger partial charge in [-0.25, -0.2) is 0 Å². The summed E-state index contributed by atoms with van der Waals surface area (Å²) < 4.78 is 21.5. The summed E-state index contributed by atoms with van der Waals surface area (Å²) in [5, 5.41) is 1.69. The molecule has 10 heteroatoms. The minimum atomic E-state index is -3.05. The molecule has 0 saturated carbocycles. The normalized spacial score (nSPS) is 22.4. The zero-order valence-electron chi connectivity index (χ0n) is 21.8. The van der Waals surface area contributed by atoms with E-state index in [4.69, 9.17) is 53.4 Å². The number of benzene rings is 2. The van der Waals surface area contributed by atoms with Crippen LogP contribution in [0.2, 0.25) is 5.04 Å². The lowest BCUT2D eigenvalue weighted by Crippen LogP contribution is -2.69. The Morgan fingerprint density at radius 2 is 1.46 bits per heavy atom. The first kappa shape index (κ1) is 30.1. The Bertz CT molecular complexity index is 1060. The average molecular weight is 588 g/mol. The summed E-state index contributed by atoms with van der Waals surface area (Å²) in [7, 11) is -1.89. The summed E-state index contributed by atoms with van der Waals surface area (Å²) in [5.41, 5.74) is -2.05. The number of carbonyl (C=O) groups excluding carboxylic acids is 2. The van der Waals surface area contributed by atoms with E-state index in [2.05, 4.69) is 20.8 Å². The zero-order valence-corrected chi connectivity index (χ0v) is 25.1. The number of halogens is 3. The number of hydrogen-bond donors (Lipinski definition) is 0. The van der Waals surface area contributed by atoms with Crippen LogP contribution in [-0.4, -0.2) is 56.1 Å². The molecule has 0 bridgehead atoms. The molecule has 0 N–H and O–H groups in total. The van der Waals surface area contributed by atoms with Gasteiger partial charge in [-0.15, -0.1) is 0 Å². The Labute approximate surface area is 234 Å². The largest absolute Gasteiger partial charge is 0.468 e. The Balaban J connectivity index is 2.19. The summed E-state index contributed by atoms with van der Waals surface area (Å²) in [5.74, 6) is -3.05. The number of carbonyl (C=O) groups is 2. The maximum Gasteiger partial charge on any atom is 0.324 e. The third-order valence-electron chi connectivity index (χ3n) is 6.70. The molecule has 0 aliphatic carbocycles. The fourth-order valence-electron chi connectivity index (χ4n) is 4.93. The molecule has 1 aliphatic rings. The van der Waals surface area contributed by atoms with Crippen LogP contribution >= 0.6 is 34.8 Å². The van der Waals surface area contributed by atoms with Gasteiger partial charge in [0.1, 0.15) is 6.10 Å². The van der Waals surface area contributed by atoms with Crippen molar-refractivity contribution in [3.8, 4) is 0 Å². The summed E-state index contributed by atoms with van der Waals surface area (Å²) in [6.45, 7) is 9.18. The number of esters is 1. The smallest absolute Gasteiger partial charge is 0.324 e. The highest BCUT2D eigenvalue weighted by Crippen LogP contribution is 2.45. The summed E-state index contributed by atoms with van der Waals surface area (Å²) in [4.78, 5) is 26.8. The molecule has 2 aromatic rings. The molecule has 0 radical (unpaired) electrons. The van der Waals surface area contributed by atoms with Crippen LogP contribution in [0.15, 0.2) is 60.7 Å². The average Bonchev–Trinajstić information content (AvgIpc) is 2.83. The lowest BCUT2D eigenvalue weighted by Gasteiger charge is -2.49. The molecule has 2 aromatic carbocycles. The van der Waals surface area contributed by atoms with E-state index in [0.29, 0.717) is 0 Å². The first-order valence-corrected chi connectivity index (χ1v) is 14.9. The van der Waals surface area contributed by atoms with E-state index < -0.39 is 47.8 Å². The molecule has 1 fully saturated rings. The highest BCUT2D eigenvalue weighted by molar-refractivity contribution is 6.99. The molecule has 202 valence electrons. The topological polar surface area (TPSA) is 71.1 Å². The van der Waals surface area contributed by atoms with Crippen molar-refractivity contribution in [2.45, 2.75) is 55.3 Å². The molecular weight excluding hydrogens is 555 g/mol. The molecule has 0 spiro atoms. The van der Waals surface area contributed by atoms with Crippen molar-refractivity contribution < 1.29 is 28.2 Å². The number of ketones is 1. The molecular formula is C27H33Cl3O6Si. The van der Waals surface area contributed by atoms with Gasteiger partial charge in [-0.3, -0.25) is 9.59 Å². The van der Waals surface area contributed by atoms with Crippen LogP contribution in [0.3, 0.4) is 0 Å². The predicted octanol–water partition coefficient (Wildman–Crippen LogP) is 4.81. The highest BCUT2D eigenvalue weighted by atomic mass is 35.6. The van der Waals surface area contributed by atoms with Gasteiger partial charge in [0.15, 0.2) is 11.2 Å². The van der Waals surface area contributed by atoms with Crippen LogP contribution in [-0.2, 0) is 28.2 Å². The second-order valence-electron chi connectivity index (χ2n) is 10.6. The van der Waals surface area contributed by atoms with Crippen molar-refractivity contribution in [2.75, 3.05) is 20.3 Å². The predicted molar refractivity (Wildman–Crippen MR) is 148 cm³/mol. The van der Waals surface area contributed by atoms with E-state index in [-0.39, 0.29) is 11.6 Å². The second kappa shape index (κ2) is 11.0. The molecule has 0 aromatic heterocycles. The number of alkyl halides is 3. The van der Waals surface area contributed by atoms with Crippen LogP contribution in [0.25, 0.3) is 0 Å². The van der Waals surface area contributed by atoms with Crippen molar-refractivity contribution in [1.82, 2.24) is 0 Å². The van der Waals surface area contributed by atoms with E-state index in [0.717, 1.165) is 17.5 Å². The molecule has 1 heterocycles. The lowest BCUT2D eigenvalue weighted by molar-refractivity contribution is -0.311. The second-order valence-corrected chi connectivity index (χ2v) is 17.1. The van der Waals surface area contributed by atoms with Crippen molar-refractivity contribution in [3.63, 3.8) is 0 Å². The highest BCUT2D eigenvalue weighted by Gasteiger charge is 2.64. The zero-order chi connectivity index (χ0) is 27.7. The summed E-state index contributed by atoms with van der Waals surface area (Å²) in [6.07, 6.45) is -1.16. The molecule has 0 amide bonds. The SMILES string of the molecule is COC(=O)[C@]1(C(=O)C(Cl)(Cl)Cl)COC(C)(C)O[C@H]1CO[Si](c1ccccc1)(c1ccccc1)C(C)(C)C. The van der Waals surface area contributed by atoms with Gasteiger partial charge in [0.05, 0.1) is 20.3 Å². The van der Waals surface area contributed by atoms with Gasteiger partial charge in [-0.1, -0.05) is 116 Å².